The Labute approximate surface area is 265 Å². The van der Waals surface area contributed by atoms with Crippen LogP contribution in [0.3, 0.4) is 0 Å². The molecule has 0 aliphatic heterocycles. The Morgan fingerprint density at radius 2 is 0.844 bits per heavy atom. The number of esters is 1. The molecule has 0 radical (unpaired) electrons. The topological polar surface area (TPSA) is 162 Å². The molecule has 1 aromatic carbocycles. The molecule has 0 N–H and O–H groups in total. The molecule has 0 fully saturated rings. The number of hydrogen-bond acceptors (Lipinski definition) is 14. The van der Waals surface area contributed by atoms with Gasteiger partial charge in [-0.05, 0) is 19.1 Å². The molecule has 0 heterocycles. The van der Waals surface area contributed by atoms with E-state index in [-0.39, 0.29) is 12.3 Å². The maximum Gasteiger partial charge on any atom is 0.333 e. The summed E-state index contributed by atoms with van der Waals surface area (Å²) in [5, 5.41) is 10.6. The number of nitrogens with zero attached hydrogens (tertiary/aromatic N) is 1. The third kappa shape index (κ3) is 26.2. The second-order valence-electron chi connectivity index (χ2n) is 9.03. The molecule has 1 rings (SSSR count). The highest BCUT2D eigenvalue weighted by Gasteiger charge is 2.04. The molecule has 0 aliphatic rings. The Kier molecular flexibility index (Phi) is 26.8. The van der Waals surface area contributed by atoms with Gasteiger partial charge in [-0.25, -0.2) is 4.79 Å². The van der Waals surface area contributed by atoms with E-state index in [1.165, 1.54) is 12.1 Å². The number of carbonyl (C=O) groups excluding carboxylic acids is 1. The lowest BCUT2D eigenvalue weighted by molar-refractivity contribution is -0.384. The van der Waals surface area contributed by atoms with Crippen molar-refractivity contribution in [1.82, 2.24) is 0 Å². The number of carbonyl (C=O) groups is 1. The van der Waals surface area contributed by atoms with Gasteiger partial charge in [0.15, 0.2) is 0 Å². The van der Waals surface area contributed by atoms with E-state index >= 15 is 0 Å². The molecule has 0 atom stereocenters. The van der Waals surface area contributed by atoms with Crippen LogP contribution in [-0.2, 0) is 52.2 Å². The van der Waals surface area contributed by atoms with Crippen LogP contribution in [0.2, 0.25) is 0 Å². The monoisotopic (exact) mass is 647 g/mol. The Balaban J connectivity index is 1.67. The minimum Gasteiger partial charge on any atom is -0.491 e. The van der Waals surface area contributed by atoms with Crippen molar-refractivity contribution >= 4 is 11.7 Å². The number of non-ortho nitro benzene ring substituents is 1. The molecule has 45 heavy (non-hydrogen) atoms. The van der Waals surface area contributed by atoms with Gasteiger partial charge in [-0.1, -0.05) is 6.58 Å². The van der Waals surface area contributed by atoms with Crippen LogP contribution < -0.4 is 4.74 Å². The second kappa shape index (κ2) is 30.0. The number of ether oxygens (including phenoxy) is 11. The molecular weight excluding hydrogens is 598 g/mol. The number of nitro groups is 1. The summed E-state index contributed by atoms with van der Waals surface area (Å²) >= 11 is 0. The molecule has 15 heteroatoms. The van der Waals surface area contributed by atoms with E-state index in [9.17, 15) is 14.9 Å². The summed E-state index contributed by atoms with van der Waals surface area (Å²) in [6.07, 6.45) is 0. The van der Waals surface area contributed by atoms with Crippen LogP contribution in [0, 0.1) is 10.1 Å². The molecule has 0 saturated carbocycles. The molecule has 0 saturated heterocycles. The van der Waals surface area contributed by atoms with Gasteiger partial charge in [-0.15, -0.1) is 0 Å². The maximum absolute atomic E-state index is 11.2. The summed E-state index contributed by atoms with van der Waals surface area (Å²) < 4.78 is 59.1. The summed E-state index contributed by atoms with van der Waals surface area (Å²) in [7, 11) is 0. The van der Waals surface area contributed by atoms with Gasteiger partial charge in [0.1, 0.15) is 19.0 Å². The molecule has 0 amide bonds. The smallest absolute Gasteiger partial charge is 0.333 e. The lowest BCUT2D eigenvalue weighted by Gasteiger charge is -2.09. The molecule has 0 unspecified atom stereocenters. The van der Waals surface area contributed by atoms with Crippen LogP contribution in [0.25, 0.3) is 0 Å². The second-order valence-corrected chi connectivity index (χ2v) is 9.03. The number of benzene rings is 1. The van der Waals surface area contributed by atoms with E-state index in [1.54, 1.807) is 19.1 Å². The van der Waals surface area contributed by atoms with E-state index < -0.39 is 10.9 Å². The predicted octanol–water partition coefficient (Wildman–Crippen LogP) is 2.24. The zero-order valence-electron chi connectivity index (χ0n) is 26.3. The highest BCUT2D eigenvalue weighted by Crippen LogP contribution is 2.17. The zero-order valence-corrected chi connectivity index (χ0v) is 26.3. The van der Waals surface area contributed by atoms with Crippen LogP contribution in [0.1, 0.15) is 6.92 Å². The minimum absolute atomic E-state index is 0.0219. The maximum atomic E-state index is 11.2. The van der Waals surface area contributed by atoms with Gasteiger partial charge < -0.3 is 52.1 Å². The Bertz CT molecular complexity index is 871. The van der Waals surface area contributed by atoms with Crippen LogP contribution in [0.5, 0.6) is 5.75 Å². The molecule has 15 nitrogen and oxygen atoms in total. The Hall–Kier alpha value is -2.73. The molecule has 0 bridgehead atoms. The van der Waals surface area contributed by atoms with Gasteiger partial charge in [0, 0.05) is 17.7 Å². The molecular formula is C30H49NO14. The van der Waals surface area contributed by atoms with Crippen molar-refractivity contribution in [3.05, 3.63) is 46.5 Å². The van der Waals surface area contributed by atoms with E-state index in [4.69, 9.17) is 52.1 Å². The Morgan fingerprint density at radius 3 is 1.13 bits per heavy atom. The van der Waals surface area contributed by atoms with Gasteiger partial charge in [0.05, 0.1) is 124 Å². The minimum atomic E-state index is -0.456. The van der Waals surface area contributed by atoms with Crippen molar-refractivity contribution < 1.29 is 61.8 Å². The van der Waals surface area contributed by atoms with Gasteiger partial charge in [-0.3, -0.25) is 10.1 Å². The third-order valence-electron chi connectivity index (χ3n) is 5.33. The fourth-order valence-corrected chi connectivity index (χ4v) is 3.06. The van der Waals surface area contributed by atoms with Crippen molar-refractivity contribution in [3.63, 3.8) is 0 Å². The summed E-state index contributed by atoms with van der Waals surface area (Å²) in [5.41, 5.74) is 0.386. The van der Waals surface area contributed by atoms with E-state index in [0.717, 1.165) is 0 Å². The predicted molar refractivity (Wildman–Crippen MR) is 162 cm³/mol. The molecule has 1 aromatic rings. The van der Waals surface area contributed by atoms with Gasteiger partial charge in [0.2, 0.25) is 0 Å². The fraction of sp³-hybridized carbons (Fsp3) is 0.700. The first-order valence-corrected chi connectivity index (χ1v) is 14.9. The summed E-state index contributed by atoms with van der Waals surface area (Å²) in [6, 6.07) is 5.89. The first-order chi connectivity index (χ1) is 22.0. The normalized spacial score (nSPS) is 11.0. The standard InChI is InChI=1S/C30H49NO14/c1-27(2)30(32)45-26-24-43-22-20-41-18-16-39-14-12-37-10-8-35-7-9-36-11-13-38-15-17-40-19-21-42-23-25-44-29-5-3-28(4-6-29)31(33)34/h3-6H,1,7-26H2,2H3. The summed E-state index contributed by atoms with van der Waals surface area (Å²) in [6.45, 7) is 13.7. The van der Waals surface area contributed by atoms with Crippen molar-refractivity contribution in [2.45, 2.75) is 6.92 Å². The van der Waals surface area contributed by atoms with Crippen molar-refractivity contribution in [2.24, 2.45) is 0 Å². The van der Waals surface area contributed by atoms with Gasteiger partial charge in [-0.2, -0.15) is 0 Å². The highest BCUT2D eigenvalue weighted by molar-refractivity contribution is 5.86. The van der Waals surface area contributed by atoms with Crippen molar-refractivity contribution in [3.8, 4) is 5.75 Å². The van der Waals surface area contributed by atoms with Gasteiger partial charge >= 0.3 is 5.97 Å². The quantitative estimate of drug-likeness (QED) is 0.0359. The molecule has 0 aromatic heterocycles. The zero-order chi connectivity index (χ0) is 32.6. The summed E-state index contributed by atoms with van der Waals surface area (Å²) in [4.78, 5) is 21.3. The molecule has 0 aliphatic carbocycles. The lowest BCUT2D eigenvalue weighted by Crippen LogP contribution is -2.15. The first kappa shape index (κ1) is 40.3. The summed E-state index contributed by atoms with van der Waals surface area (Å²) in [5.74, 6) is 0.132. The van der Waals surface area contributed by atoms with E-state index in [0.29, 0.717) is 137 Å². The van der Waals surface area contributed by atoms with E-state index in [2.05, 4.69) is 6.58 Å². The average molecular weight is 648 g/mol. The fourth-order valence-electron chi connectivity index (χ4n) is 3.06. The van der Waals surface area contributed by atoms with Crippen LogP contribution in [0.4, 0.5) is 5.69 Å². The first-order valence-electron chi connectivity index (χ1n) is 14.9. The SMILES string of the molecule is C=C(C)C(=O)OCCOCCOCCOCCOCCOCCOCCOCCOCCOCCOc1ccc([N+](=O)[O-])cc1. The van der Waals surface area contributed by atoms with Gasteiger partial charge in [0.25, 0.3) is 5.69 Å². The number of nitro benzene ring substituents is 1. The van der Waals surface area contributed by atoms with Crippen molar-refractivity contribution in [1.29, 1.82) is 0 Å². The number of hydrogen-bond donors (Lipinski definition) is 0. The average Bonchev–Trinajstić information content (AvgIpc) is 3.03. The lowest BCUT2D eigenvalue weighted by atomic mass is 10.3. The Morgan fingerprint density at radius 1 is 0.556 bits per heavy atom. The van der Waals surface area contributed by atoms with Crippen LogP contribution >= 0.6 is 0 Å². The number of rotatable bonds is 33. The molecule has 0 spiro atoms. The highest BCUT2D eigenvalue weighted by atomic mass is 16.6. The molecule has 258 valence electrons. The van der Waals surface area contributed by atoms with E-state index in [1.807, 2.05) is 0 Å². The largest absolute Gasteiger partial charge is 0.491 e. The van der Waals surface area contributed by atoms with Crippen molar-refractivity contribution in [2.75, 3.05) is 132 Å². The van der Waals surface area contributed by atoms with Crippen LogP contribution in [-0.4, -0.2) is 143 Å². The van der Waals surface area contributed by atoms with Crippen LogP contribution in [0.15, 0.2) is 36.4 Å². The third-order valence-corrected chi connectivity index (χ3v) is 5.33.